The van der Waals surface area contributed by atoms with Crippen molar-refractivity contribution in [3.05, 3.63) is 34.9 Å². The van der Waals surface area contributed by atoms with Gasteiger partial charge in [0.2, 0.25) is 5.91 Å². The molecule has 0 aromatic rings. The highest BCUT2D eigenvalue weighted by molar-refractivity contribution is 6.02. The Kier molecular flexibility index (Phi) is 6.13. The van der Waals surface area contributed by atoms with Gasteiger partial charge in [-0.25, -0.2) is 4.79 Å². The Morgan fingerprint density at radius 3 is 2.32 bits per heavy atom. The third-order valence-electron chi connectivity index (χ3n) is 4.76. The van der Waals surface area contributed by atoms with E-state index < -0.39 is 17.0 Å². The van der Waals surface area contributed by atoms with Crippen molar-refractivity contribution < 1.29 is 24.6 Å². The van der Waals surface area contributed by atoms with Crippen LogP contribution in [0, 0.1) is 5.41 Å². The molecule has 1 rings (SSSR count). The molecule has 138 valence electrons. The fourth-order valence-electron chi connectivity index (χ4n) is 2.98. The molecule has 6 heteroatoms. The summed E-state index contributed by atoms with van der Waals surface area (Å²) in [6, 6.07) is 0. The van der Waals surface area contributed by atoms with Gasteiger partial charge in [0.15, 0.2) is 5.78 Å². The highest BCUT2D eigenvalue weighted by Gasteiger charge is 2.49. The molecule has 1 aliphatic carbocycles. The average Bonchev–Trinajstić information content (AvgIpc) is 2.46. The summed E-state index contributed by atoms with van der Waals surface area (Å²) in [7, 11) is 3.23. The average molecular weight is 349 g/mol. The molecule has 0 bridgehead atoms. The minimum absolute atomic E-state index is 0.0617. The van der Waals surface area contributed by atoms with Gasteiger partial charge in [0.25, 0.3) is 0 Å². The molecule has 6 nitrogen and oxygen atoms in total. The number of hydrogen-bond acceptors (Lipinski definition) is 4. The van der Waals surface area contributed by atoms with E-state index in [2.05, 4.69) is 0 Å². The molecule has 1 atom stereocenters. The predicted molar refractivity (Wildman–Crippen MR) is 94.9 cm³/mol. The second kappa shape index (κ2) is 7.35. The molecule has 0 radical (unpaired) electrons. The largest absolute Gasteiger partial charge is 0.478 e. The zero-order valence-corrected chi connectivity index (χ0v) is 15.7. The van der Waals surface area contributed by atoms with Crippen LogP contribution in [0.2, 0.25) is 0 Å². The Hall–Kier alpha value is -2.21. The van der Waals surface area contributed by atoms with Crippen molar-refractivity contribution >= 4 is 17.7 Å². The van der Waals surface area contributed by atoms with Gasteiger partial charge < -0.3 is 15.1 Å². The fourth-order valence-corrected chi connectivity index (χ4v) is 2.98. The van der Waals surface area contributed by atoms with Crippen LogP contribution in [0.1, 0.15) is 40.5 Å². The molecule has 1 aliphatic rings. The van der Waals surface area contributed by atoms with Gasteiger partial charge in [0.1, 0.15) is 5.60 Å². The number of carbonyl (C=O) groups is 3. The van der Waals surface area contributed by atoms with Crippen molar-refractivity contribution in [2.24, 2.45) is 5.41 Å². The molecule has 1 amide bonds. The molecule has 0 saturated carbocycles. The Labute approximate surface area is 148 Å². The number of carboxylic acid groups (broad SMARTS) is 1. The smallest absolute Gasteiger partial charge is 0.328 e. The molecule has 0 saturated heterocycles. The molecular formula is C19H27NO5. The fraction of sp³-hybridized carbons (Fsp3) is 0.526. The van der Waals surface area contributed by atoms with Crippen LogP contribution < -0.4 is 0 Å². The number of nitrogens with zero attached hydrogens (tertiary/aromatic N) is 1. The maximum Gasteiger partial charge on any atom is 0.328 e. The van der Waals surface area contributed by atoms with Gasteiger partial charge >= 0.3 is 5.97 Å². The second-order valence-electron chi connectivity index (χ2n) is 7.38. The first-order chi connectivity index (χ1) is 11.3. The lowest BCUT2D eigenvalue weighted by molar-refractivity contribution is -0.131. The Morgan fingerprint density at radius 2 is 1.84 bits per heavy atom. The third-order valence-corrected chi connectivity index (χ3v) is 4.76. The molecule has 0 heterocycles. The molecule has 0 spiro atoms. The summed E-state index contributed by atoms with van der Waals surface area (Å²) < 4.78 is 0. The number of rotatable bonds is 5. The van der Waals surface area contributed by atoms with E-state index in [4.69, 9.17) is 5.11 Å². The summed E-state index contributed by atoms with van der Waals surface area (Å²) in [5.41, 5.74) is -1.00. The van der Waals surface area contributed by atoms with Crippen LogP contribution in [-0.2, 0) is 14.4 Å². The maximum atomic E-state index is 12.5. The number of hydrogen-bond donors (Lipinski definition) is 2. The van der Waals surface area contributed by atoms with Gasteiger partial charge in [-0.15, -0.1) is 0 Å². The maximum absolute atomic E-state index is 12.5. The van der Waals surface area contributed by atoms with Crippen molar-refractivity contribution in [2.75, 3.05) is 14.1 Å². The van der Waals surface area contributed by atoms with E-state index in [9.17, 15) is 19.5 Å². The van der Waals surface area contributed by atoms with Crippen molar-refractivity contribution in [3.8, 4) is 0 Å². The molecule has 2 N–H and O–H groups in total. The zero-order chi connectivity index (χ0) is 19.6. The monoisotopic (exact) mass is 349 g/mol. The summed E-state index contributed by atoms with van der Waals surface area (Å²) in [6.45, 7) is 6.82. The number of allylic oxidation sites excluding steroid dienone is 2. The van der Waals surface area contributed by atoms with E-state index in [1.54, 1.807) is 41.8 Å². The Morgan fingerprint density at radius 1 is 1.28 bits per heavy atom. The van der Waals surface area contributed by atoms with Crippen molar-refractivity contribution in [3.63, 3.8) is 0 Å². The number of ketones is 1. The van der Waals surface area contributed by atoms with E-state index in [1.165, 1.54) is 17.1 Å². The molecule has 25 heavy (non-hydrogen) atoms. The highest BCUT2D eigenvalue weighted by Crippen LogP contribution is 2.47. The summed E-state index contributed by atoms with van der Waals surface area (Å²) in [6.07, 6.45) is 4.12. The number of amides is 1. The number of carboxylic acids is 1. The highest BCUT2D eigenvalue weighted by atomic mass is 16.4. The van der Waals surface area contributed by atoms with E-state index in [0.29, 0.717) is 16.7 Å². The van der Waals surface area contributed by atoms with Crippen LogP contribution in [0.4, 0.5) is 0 Å². The topological polar surface area (TPSA) is 94.9 Å². The van der Waals surface area contributed by atoms with Crippen LogP contribution in [0.5, 0.6) is 0 Å². The van der Waals surface area contributed by atoms with Crippen LogP contribution >= 0.6 is 0 Å². The Balaban J connectivity index is 3.39. The summed E-state index contributed by atoms with van der Waals surface area (Å²) in [5.74, 6) is -1.43. The normalized spacial score (nSPS) is 24.0. The van der Waals surface area contributed by atoms with E-state index >= 15 is 0 Å². The van der Waals surface area contributed by atoms with E-state index in [0.717, 1.165) is 6.08 Å². The predicted octanol–water partition coefficient (Wildman–Crippen LogP) is 2.10. The minimum Gasteiger partial charge on any atom is -0.478 e. The lowest BCUT2D eigenvalue weighted by atomic mass is 9.62. The quantitative estimate of drug-likeness (QED) is 0.585. The lowest BCUT2D eigenvalue weighted by Gasteiger charge is -2.45. The van der Waals surface area contributed by atoms with Crippen LogP contribution in [0.25, 0.3) is 0 Å². The van der Waals surface area contributed by atoms with Crippen molar-refractivity contribution in [1.82, 2.24) is 4.90 Å². The van der Waals surface area contributed by atoms with Gasteiger partial charge in [-0.3, -0.25) is 9.59 Å². The van der Waals surface area contributed by atoms with Crippen LogP contribution in [-0.4, -0.2) is 52.5 Å². The zero-order valence-electron chi connectivity index (χ0n) is 15.7. The summed E-state index contributed by atoms with van der Waals surface area (Å²) in [4.78, 5) is 36.7. The van der Waals surface area contributed by atoms with Crippen molar-refractivity contribution in [1.29, 1.82) is 0 Å². The van der Waals surface area contributed by atoms with Gasteiger partial charge in [-0.05, 0) is 31.1 Å². The molecular weight excluding hydrogens is 322 g/mol. The first kappa shape index (κ1) is 20.8. The second-order valence-corrected chi connectivity index (χ2v) is 7.38. The van der Waals surface area contributed by atoms with Crippen molar-refractivity contribution in [2.45, 2.75) is 46.1 Å². The van der Waals surface area contributed by atoms with E-state index in [-0.39, 0.29) is 24.5 Å². The number of Topliss-reactive ketones (excluding diaryl/α,β-unsaturated/α-hetero) is 1. The van der Waals surface area contributed by atoms with Crippen LogP contribution in [0.3, 0.4) is 0 Å². The van der Waals surface area contributed by atoms with Gasteiger partial charge in [-0.1, -0.05) is 19.9 Å². The van der Waals surface area contributed by atoms with Gasteiger partial charge in [0, 0.05) is 37.6 Å². The number of aliphatic carboxylic acids is 1. The standard InChI is InChI=1S/C19H27NO5/c1-12(9-17(23)24)7-8-19(25)13(2)14(10-16(22)20(5)6)15(21)11-18(19,3)4/h7-9,25H,10-11H2,1-6H3,(H,23,24)/b8-7+,12-9-/t19-/m1/s1. The first-order valence-electron chi connectivity index (χ1n) is 8.08. The first-order valence-corrected chi connectivity index (χ1v) is 8.08. The minimum atomic E-state index is -1.45. The molecule has 0 fully saturated rings. The Bertz CT molecular complexity index is 682. The summed E-state index contributed by atoms with van der Waals surface area (Å²) >= 11 is 0. The van der Waals surface area contributed by atoms with Gasteiger partial charge in [0.05, 0.1) is 6.42 Å². The van der Waals surface area contributed by atoms with Crippen LogP contribution in [0.15, 0.2) is 34.9 Å². The summed E-state index contributed by atoms with van der Waals surface area (Å²) in [5, 5.41) is 20.1. The third kappa shape index (κ3) is 4.45. The lowest BCUT2D eigenvalue weighted by Crippen LogP contribution is -2.49. The van der Waals surface area contributed by atoms with Gasteiger partial charge in [-0.2, -0.15) is 0 Å². The number of aliphatic hydroxyl groups is 1. The SMILES string of the molecule is CC1=C(CC(=O)N(C)C)C(=O)CC(C)(C)[C@@]1(O)/C=C/C(C)=C\C(=O)O. The molecule has 0 aliphatic heterocycles. The molecule has 0 aromatic carbocycles. The molecule has 0 unspecified atom stereocenters. The number of carbonyl (C=O) groups excluding carboxylic acids is 2. The molecule has 0 aromatic heterocycles. The van der Waals surface area contributed by atoms with E-state index in [1.807, 2.05) is 0 Å².